The summed E-state index contributed by atoms with van der Waals surface area (Å²) in [6.45, 7) is 6.14. The van der Waals surface area contributed by atoms with E-state index in [4.69, 9.17) is 5.84 Å². The minimum Gasteiger partial charge on any atom is -0.300 e. The molecule has 0 radical (unpaired) electrons. The largest absolute Gasteiger partial charge is 0.300 e. The second-order valence-corrected chi connectivity index (χ2v) is 4.82. The zero-order valence-electron chi connectivity index (χ0n) is 10.5. The number of nitrogens with two attached hydrogens (primary N) is 1. The van der Waals surface area contributed by atoms with E-state index >= 15 is 0 Å². The van der Waals surface area contributed by atoms with Crippen LogP contribution in [0.4, 0.5) is 0 Å². The van der Waals surface area contributed by atoms with Crippen molar-refractivity contribution in [3.63, 3.8) is 0 Å². The molecule has 1 fully saturated rings. The molecule has 16 heavy (non-hydrogen) atoms. The summed E-state index contributed by atoms with van der Waals surface area (Å²) in [4.78, 5) is 13.9. The summed E-state index contributed by atoms with van der Waals surface area (Å²) >= 11 is 0. The quantitative estimate of drug-likeness (QED) is 0.432. The molecule has 1 aliphatic heterocycles. The molecule has 94 valence electrons. The van der Waals surface area contributed by atoms with Crippen LogP contribution in [0.25, 0.3) is 0 Å². The van der Waals surface area contributed by atoms with Crippen molar-refractivity contribution in [2.24, 2.45) is 11.8 Å². The molecule has 0 aromatic heterocycles. The van der Waals surface area contributed by atoms with Crippen molar-refractivity contribution >= 4 is 5.91 Å². The maximum absolute atomic E-state index is 11.4. The third-order valence-electron chi connectivity index (χ3n) is 3.57. The van der Waals surface area contributed by atoms with Crippen molar-refractivity contribution in [1.29, 1.82) is 0 Å². The molecular formula is C12H25N3O. The van der Waals surface area contributed by atoms with Gasteiger partial charge < -0.3 is 0 Å². The smallest absolute Gasteiger partial charge is 0.237 e. The molecule has 1 aliphatic rings. The molecular weight excluding hydrogens is 202 g/mol. The zero-order chi connectivity index (χ0) is 12.0. The van der Waals surface area contributed by atoms with Gasteiger partial charge in [0.15, 0.2) is 0 Å². The van der Waals surface area contributed by atoms with Gasteiger partial charge in [0, 0.05) is 18.5 Å². The Labute approximate surface area is 98.5 Å². The van der Waals surface area contributed by atoms with E-state index in [1.54, 1.807) is 0 Å². The first-order valence-electron chi connectivity index (χ1n) is 6.43. The molecule has 4 heteroatoms. The van der Waals surface area contributed by atoms with Gasteiger partial charge in [-0.15, -0.1) is 0 Å². The Kier molecular flexibility index (Phi) is 5.77. The topological polar surface area (TPSA) is 58.4 Å². The molecule has 0 bridgehead atoms. The van der Waals surface area contributed by atoms with Crippen LogP contribution in [0.5, 0.6) is 0 Å². The van der Waals surface area contributed by atoms with E-state index in [0.717, 1.165) is 13.1 Å². The first-order chi connectivity index (χ1) is 7.69. The summed E-state index contributed by atoms with van der Waals surface area (Å²) in [5.41, 5.74) is 2.24. The fraction of sp³-hybridized carbons (Fsp3) is 0.917. The second-order valence-electron chi connectivity index (χ2n) is 4.82. The summed E-state index contributed by atoms with van der Waals surface area (Å²) in [6, 6.07) is 0.649. The van der Waals surface area contributed by atoms with Crippen LogP contribution < -0.4 is 11.3 Å². The van der Waals surface area contributed by atoms with Gasteiger partial charge in [0.05, 0.1) is 0 Å². The third kappa shape index (κ3) is 3.76. The Morgan fingerprint density at radius 2 is 2.25 bits per heavy atom. The van der Waals surface area contributed by atoms with Gasteiger partial charge in [-0.1, -0.05) is 26.7 Å². The van der Waals surface area contributed by atoms with E-state index in [1.165, 1.54) is 32.1 Å². The lowest BCUT2D eigenvalue weighted by atomic mass is 10.1. The van der Waals surface area contributed by atoms with Crippen molar-refractivity contribution in [3.05, 3.63) is 0 Å². The average molecular weight is 227 g/mol. The van der Waals surface area contributed by atoms with E-state index in [1.807, 2.05) is 6.92 Å². The van der Waals surface area contributed by atoms with Crippen LogP contribution in [-0.4, -0.2) is 29.9 Å². The molecule has 0 saturated carbocycles. The highest BCUT2D eigenvalue weighted by Crippen LogP contribution is 2.20. The summed E-state index contributed by atoms with van der Waals surface area (Å²) < 4.78 is 0. The molecule has 1 rings (SSSR count). The molecule has 2 atom stereocenters. The SMILES string of the molecule is CCC1CCCCCN1CC(C)C(=O)NN. The van der Waals surface area contributed by atoms with Gasteiger partial charge in [-0.25, -0.2) is 5.84 Å². The van der Waals surface area contributed by atoms with Crippen LogP contribution in [0.2, 0.25) is 0 Å². The monoisotopic (exact) mass is 227 g/mol. The van der Waals surface area contributed by atoms with Crippen LogP contribution in [-0.2, 0) is 4.79 Å². The first-order valence-corrected chi connectivity index (χ1v) is 6.43. The van der Waals surface area contributed by atoms with Crippen LogP contribution in [0.3, 0.4) is 0 Å². The predicted molar refractivity (Wildman–Crippen MR) is 65.6 cm³/mol. The molecule has 2 unspecified atom stereocenters. The number of amides is 1. The molecule has 1 saturated heterocycles. The number of carbonyl (C=O) groups excluding carboxylic acids is 1. The van der Waals surface area contributed by atoms with Crippen molar-refractivity contribution in [1.82, 2.24) is 10.3 Å². The minimum atomic E-state index is -0.0564. The molecule has 0 spiro atoms. The fourth-order valence-corrected chi connectivity index (χ4v) is 2.52. The first kappa shape index (κ1) is 13.5. The van der Waals surface area contributed by atoms with E-state index in [9.17, 15) is 4.79 Å². The molecule has 0 aromatic carbocycles. The molecule has 3 N–H and O–H groups in total. The van der Waals surface area contributed by atoms with E-state index in [0.29, 0.717) is 6.04 Å². The summed E-state index contributed by atoms with van der Waals surface area (Å²) in [5.74, 6) is 5.09. The van der Waals surface area contributed by atoms with Crippen molar-refractivity contribution in [2.45, 2.75) is 52.0 Å². The van der Waals surface area contributed by atoms with Gasteiger partial charge in [0.2, 0.25) is 5.91 Å². The molecule has 0 aromatic rings. The van der Waals surface area contributed by atoms with Gasteiger partial charge in [0.1, 0.15) is 0 Å². The van der Waals surface area contributed by atoms with Crippen molar-refractivity contribution in [3.8, 4) is 0 Å². The number of hydrogen-bond acceptors (Lipinski definition) is 3. The number of nitrogens with zero attached hydrogens (tertiary/aromatic N) is 1. The number of hydrazine groups is 1. The van der Waals surface area contributed by atoms with Crippen molar-refractivity contribution in [2.75, 3.05) is 13.1 Å². The average Bonchev–Trinajstić information content (AvgIpc) is 2.52. The Bertz CT molecular complexity index is 220. The molecule has 0 aliphatic carbocycles. The molecule has 1 amide bonds. The van der Waals surface area contributed by atoms with Crippen LogP contribution in [0.1, 0.15) is 46.0 Å². The summed E-state index contributed by atoms with van der Waals surface area (Å²) in [7, 11) is 0. The summed E-state index contributed by atoms with van der Waals surface area (Å²) in [6.07, 6.45) is 6.36. The minimum absolute atomic E-state index is 0.0165. The van der Waals surface area contributed by atoms with E-state index in [-0.39, 0.29) is 11.8 Å². The van der Waals surface area contributed by atoms with Gasteiger partial charge in [-0.3, -0.25) is 15.1 Å². The van der Waals surface area contributed by atoms with E-state index < -0.39 is 0 Å². The Hall–Kier alpha value is -0.610. The van der Waals surface area contributed by atoms with Gasteiger partial charge in [-0.05, 0) is 25.8 Å². The van der Waals surface area contributed by atoms with Gasteiger partial charge in [0.25, 0.3) is 0 Å². The van der Waals surface area contributed by atoms with E-state index in [2.05, 4.69) is 17.2 Å². The molecule has 4 nitrogen and oxygen atoms in total. The third-order valence-corrected chi connectivity index (χ3v) is 3.57. The number of hydrogen-bond donors (Lipinski definition) is 2. The summed E-state index contributed by atoms with van der Waals surface area (Å²) in [5, 5.41) is 0. The highest BCUT2D eigenvalue weighted by atomic mass is 16.2. The van der Waals surface area contributed by atoms with Gasteiger partial charge >= 0.3 is 0 Å². The molecule has 1 heterocycles. The lowest BCUT2D eigenvalue weighted by Gasteiger charge is -2.30. The fourth-order valence-electron chi connectivity index (χ4n) is 2.52. The number of rotatable bonds is 4. The number of carbonyl (C=O) groups is 1. The number of nitrogens with one attached hydrogen (secondary N) is 1. The lowest BCUT2D eigenvalue weighted by molar-refractivity contribution is -0.125. The van der Waals surface area contributed by atoms with Crippen LogP contribution >= 0.6 is 0 Å². The highest BCUT2D eigenvalue weighted by Gasteiger charge is 2.23. The van der Waals surface area contributed by atoms with Crippen LogP contribution in [0, 0.1) is 5.92 Å². The zero-order valence-corrected chi connectivity index (χ0v) is 10.5. The lowest BCUT2D eigenvalue weighted by Crippen LogP contribution is -2.43. The standard InChI is InChI=1S/C12H25N3O/c1-3-11-7-5-4-6-8-15(11)9-10(2)12(16)14-13/h10-11H,3-9,13H2,1-2H3,(H,14,16). The van der Waals surface area contributed by atoms with Gasteiger partial charge in [-0.2, -0.15) is 0 Å². The Morgan fingerprint density at radius 3 is 2.88 bits per heavy atom. The highest BCUT2D eigenvalue weighted by molar-refractivity contribution is 5.77. The number of likely N-dealkylation sites (tertiary alicyclic amines) is 1. The maximum atomic E-state index is 11.4. The Morgan fingerprint density at radius 1 is 1.50 bits per heavy atom. The van der Waals surface area contributed by atoms with Crippen molar-refractivity contribution < 1.29 is 4.79 Å². The second kappa shape index (κ2) is 6.86. The maximum Gasteiger partial charge on any atom is 0.237 e. The van der Waals surface area contributed by atoms with Crippen LogP contribution in [0.15, 0.2) is 0 Å². The Balaban J connectivity index is 2.50. The normalized spacial score (nSPS) is 24.8. The predicted octanol–water partition coefficient (Wildman–Crippen LogP) is 1.27.